The molecule has 0 spiro atoms. The molecule has 2 heteroatoms. The number of rotatable bonds is 4. The van der Waals surface area contributed by atoms with Crippen molar-refractivity contribution in [2.75, 3.05) is 13.1 Å². The Morgan fingerprint density at radius 3 is 2.76 bits per heavy atom. The van der Waals surface area contributed by atoms with Crippen molar-refractivity contribution in [2.45, 2.75) is 44.7 Å². The largest absolute Gasteiger partial charge is 0.323 e. The van der Waals surface area contributed by atoms with E-state index in [9.17, 15) is 0 Å². The monoisotopic (exact) mass is 282 g/mol. The van der Waals surface area contributed by atoms with E-state index in [0.717, 1.165) is 12.6 Å². The molecule has 1 aliphatic rings. The van der Waals surface area contributed by atoms with Gasteiger partial charge in [-0.25, -0.2) is 0 Å². The van der Waals surface area contributed by atoms with Crippen LogP contribution in [0.3, 0.4) is 0 Å². The van der Waals surface area contributed by atoms with Gasteiger partial charge in [-0.3, -0.25) is 4.90 Å². The summed E-state index contributed by atoms with van der Waals surface area (Å²) in [4.78, 5) is 2.60. The Morgan fingerprint density at radius 2 is 1.95 bits per heavy atom. The van der Waals surface area contributed by atoms with Gasteiger partial charge in [0.25, 0.3) is 0 Å². The summed E-state index contributed by atoms with van der Waals surface area (Å²) in [7, 11) is 0. The standard InChI is InChI=1S/C19H26N2/c1-2-18-9-5-6-12-21(18)14-19(20)17-11-10-15-7-3-4-8-16(15)13-17/h3-4,7-8,10-11,13,18-19H,2,5-6,9,12,14,20H2,1H3. The fraction of sp³-hybridized carbons (Fsp3) is 0.474. The fourth-order valence-electron chi connectivity index (χ4n) is 3.56. The summed E-state index contributed by atoms with van der Waals surface area (Å²) in [6.07, 6.45) is 5.27. The van der Waals surface area contributed by atoms with Gasteiger partial charge in [0.15, 0.2) is 0 Å². The SMILES string of the molecule is CCC1CCCCN1CC(N)c1ccc2ccccc2c1. The van der Waals surface area contributed by atoms with Gasteiger partial charge in [-0.1, -0.05) is 49.7 Å². The number of benzene rings is 2. The molecule has 2 nitrogen and oxygen atoms in total. The van der Waals surface area contributed by atoms with Gasteiger partial charge >= 0.3 is 0 Å². The van der Waals surface area contributed by atoms with Crippen LogP contribution in [0, 0.1) is 0 Å². The molecule has 3 rings (SSSR count). The first-order valence-electron chi connectivity index (χ1n) is 8.26. The molecule has 2 unspecified atom stereocenters. The Kier molecular flexibility index (Phi) is 4.57. The highest BCUT2D eigenvalue weighted by molar-refractivity contribution is 5.83. The summed E-state index contributed by atoms with van der Waals surface area (Å²) in [6.45, 7) is 4.49. The van der Waals surface area contributed by atoms with Crippen molar-refractivity contribution in [3.8, 4) is 0 Å². The van der Waals surface area contributed by atoms with Crippen LogP contribution >= 0.6 is 0 Å². The van der Waals surface area contributed by atoms with E-state index >= 15 is 0 Å². The van der Waals surface area contributed by atoms with Crippen LogP contribution in [0.1, 0.15) is 44.2 Å². The molecule has 0 amide bonds. The van der Waals surface area contributed by atoms with Crippen LogP contribution < -0.4 is 5.73 Å². The predicted molar refractivity (Wildman–Crippen MR) is 90.4 cm³/mol. The van der Waals surface area contributed by atoms with Gasteiger partial charge in [0.05, 0.1) is 0 Å². The molecule has 2 N–H and O–H groups in total. The molecule has 1 fully saturated rings. The summed E-state index contributed by atoms with van der Waals surface area (Å²) in [6, 6.07) is 16.0. The average Bonchev–Trinajstić information content (AvgIpc) is 2.55. The maximum atomic E-state index is 6.49. The van der Waals surface area contributed by atoms with Crippen LogP contribution in [0.4, 0.5) is 0 Å². The van der Waals surface area contributed by atoms with Crippen LogP contribution in [0.15, 0.2) is 42.5 Å². The van der Waals surface area contributed by atoms with Crippen molar-refractivity contribution < 1.29 is 0 Å². The molecule has 0 bridgehead atoms. The Labute approximate surface area is 127 Å². The number of hydrogen-bond acceptors (Lipinski definition) is 2. The first kappa shape index (κ1) is 14.6. The molecule has 2 aromatic carbocycles. The molecule has 0 aromatic heterocycles. The van der Waals surface area contributed by atoms with Gasteiger partial charge in [0, 0.05) is 18.6 Å². The van der Waals surface area contributed by atoms with Crippen LogP contribution in [0.25, 0.3) is 10.8 Å². The molecular weight excluding hydrogens is 256 g/mol. The number of piperidine rings is 1. The highest BCUT2D eigenvalue weighted by Crippen LogP contribution is 2.24. The van der Waals surface area contributed by atoms with Crippen molar-refractivity contribution in [1.29, 1.82) is 0 Å². The zero-order valence-corrected chi connectivity index (χ0v) is 13.0. The zero-order valence-electron chi connectivity index (χ0n) is 13.0. The summed E-state index contributed by atoms with van der Waals surface area (Å²) in [5.41, 5.74) is 7.75. The second-order valence-electron chi connectivity index (χ2n) is 6.27. The minimum Gasteiger partial charge on any atom is -0.323 e. The number of fused-ring (bicyclic) bond motifs is 1. The summed E-state index contributed by atoms with van der Waals surface area (Å²) >= 11 is 0. The van der Waals surface area contributed by atoms with Crippen molar-refractivity contribution in [1.82, 2.24) is 4.90 Å². The van der Waals surface area contributed by atoms with E-state index < -0.39 is 0 Å². The lowest BCUT2D eigenvalue weighted by Gasteiger charge is -2.36. The molecule has 0 saturated carbocycles. The number of nitrogens with zero attached hydrogens (tertiary/aromatic N) is 1. The summed E-state index contributed by atoms with van der Waals surface area (Å²) in [5, 5.41) is 2.58. The van der Waals surface area contributed by atoms with Crippen molar-refractivity contribution in [2.24, 2.45) is 5.73 Å². The smallest absolute Gasteiger partial charge is 0.0424 e. The third-order valence-electron chi connectivity index (χ3n) is 4.85. The normalized spacial score (nSPS) is 21.5. The predicted octanol–water partition coefficient (Wildman–Crippen LogP) is 4.10. The molecule has 2 aromatic rings. The Morgan fingerprint density at radius 1 is 1.14 bits per heavy atom. The van der Waals surface area contributed by atoms with E-state index in [2.05, 4.69) is 54.3 Å². The van der Waals surface area contributed by atoms with Crippen molar-refractivity contribution >= 4 is 10.8 Å². The zero-order chi connectivity index (χ0) is 14.7. The molecule has 1 saturated heterocycles. The maximum absolute atomic E-state index is 6.49. The van der Waals surface area contributed by atoms with Crippen LogP contribution in [-0.2, 0) is 0 Å². The molecule has 0 aliphatic carbocycles. The van der Waals surface area contributed by atoms with E-state index in [1.54, 1.807) is 0 Å². The third-order valence-corrected chi connectivity index (χ3v) is 4.85. The number of likely N-dealkylation sites (tertiary alicyclic amines) is 1. The maximum Gasteiger partial charge on any atom is 0.0424 e. The molecule has 1 heterocycles. The molecule has 2 atom stereocenters. The van der Waals surface area contributed by atoms with Crippen LogP contribution in [0.2, 0.25) is 0 Å². The first-order chi connectivity index (χ1) is 10.3. The second-order valence-corrected chi connectivity index (χ2v) is 6.27. The topological polar surface area (TPSA) is 29.3 Å². The van der Waals surface area contributed by atoms with Gasteiger partial charge in [0.2, 0.25) is 0 Å². The fourth-order valence-corrected chi connectivity index (χ4v) is 3.56. The third kappa shape index (κ3) is 3.28. The lowest BCUT2D eigenvalue weighted by Crippen LogP contribution is -2.42. The van der Waals surface area contributed by atoms with Gasteiger partial charge in [-0.15, -0.1) is 0 Å². The highest BCUT2D eigenvalue weighted by Gasteiger charge is 2.22. The quantitative estimate of drug-likeness (QED) is 0.914. The van der Waals surface area contributed by atoms with Gasteiger partial charge in [-0.2, -0.15) is 0 Å². The Balaban J connectivity index is 1.75. The van der Waals surface area contributed by atoms with Gasteiger partial charge in [0.1, 0.15) is 0 Å². The summed E-state index contributed by atoms with van der Waals surface area (Å²) < 4.78 is 0. The Bertz CT molecular complexity index is 593. The molecule has 1 aliphatic heterocycles. The van der Waals surface area contributed by atoms with E-state index in [0.29, 0.717) is 0 Å². The van der Waals surface area contributed by atoms with Gasteiger partial charge in [-0.05, 0) is 48.2 Å². The minimum absolute atomic E-state index is 0.113. The van der Waals surface area contributed by atoms with Gasteiger partial charge < -0.3 is 5.73 Å². The van der Waals surface area contributed by atoms with E-state index in [1.807, 2.05) is 0 Å². The molecule has 0 radical (unpaired) electrons. The molecule has 112 valence electrons. The Hall–Kier alpha value is -1.38. The molecular formula is C19H26N2. The number of hydrogen-bond donors (Lipinski definition) is 1. The number of nitrogens with two attached hydrogens (primary N) is 1. The first-order valence-corrected chi connectivity index (χ1v) is 8.26. The summed E-state index contributed by atoms with van der Waals surface area (Å²) in [5.74, 6) is 0. The van der Waals surface area contributed by atoms with E-state index in [-0.39, 0.29) is 6.04 Å². The van der Waals surface area contributed by atoms with E-state index in [4.69, 9.17) is 5.73 Å². The highest BCUT2D eigenvalue weighted by atomic mass is 15.2. The average molecular weight is 282 g/mol. The lowest BCUT2D eigenvalue weighted by atomic mass is 9.97. The van der Waals surface area contributed by atoms with Crippen LogP contribution in [0.5, 0.6) is 0 Å². The van der Waals surface area contributed by atoms with Crippen molar-refractivity contribution in [3.63, 3.8) is 0 Å². The van der Waals surface area contributed by atoms with E-state index in [1.165, 1.54) is 48.6 Å². The molecule has 21 heavy (non-hydrogen) atoms. The van der Waals surface area contributed by atoms with Crippen molar-refractivity contribution in [3.05, 3.63) is 48.0 Å². The van der Waals surface area contributed by atoms with Crippen LogP contribution in [-0.4, -0.2) is 24.0 Å². The lowest BCUT2D eigenvalue weighted by molar-refractivity contribution is 0.136. The second kappa shape index (κ2) is 6.59. The minimum atomic E-state index is 0.113.